The number of aromatic nitrogens is 3. The fraction of sp³-hybridized carbons (Fsp3) is 0.286. The van der Waals surface area contributed by atoms with Gasteiger partial charge < -0.3 is 14.8 Å². The molecule has 0 aliphatic rings. The van der Waals surface area contributed by atoms with Crippen molar-refractivity contribution in [3.05, 3.63) is 40.3 Å². The second-order valence-electron chi connectivity index (χ2n) is 4.30. The van der Waals surface area contributed by atoms with Gasteiger partial charge in [-0.25, -0.2) is 0 Å². The summed E-state index contributed by atoms with van der Waals surface area (Å²) in [6.45, 7) is 2.42. The van der Waals surface area contributed by atoms with Crippen LogP contribution in [0.5, 0.6) is 5.75 Å². The molecule has 0 radical (unpaired) electrons. The average Bonchev–Trinajstić information content (AvgIpc) is 2.46. The molecule has 2 rings (SSSR count). The first-order valence-corrected chi connectivity index (χ1v) is 6.51. The van der Waals surface area contributed by atoms with E-state index in [2.05, 4.69) is 15.2 Å². The fourth-order valence-corrected chi connectivity index (χ4v) is 1.78. The molecule has 2 N–H and O–H groups in total. The monoisotopic (exact) mass is 289 g/mol. The number of nitrogens with one attached hydrogen (secondary N) is 1. The Hall–Kier alpha value is -2.70. The van der Waals surface area contributed by atoms with Gasteiger partial charge in [-0.1, -0.05) is 12.1 Å². The first-order valence-electron chi connectivity index (χ1n) is 6.51. The van der Waals surface area contributed by atoms with Crippen molar-refractivity contribution in [2.75, 3.05) is 6.61 Å². The van der Waals surface area contributed by atoms with E-state index in [0.717, 1.165) is 0 Å². The Morgan fingerprint density at radius 2 is 2.19 bits per heavy atom. The van der Waals surface area contributed by atoms with Gasteiger partial charge in [0.2, 0.25) is 0 Å². The van der Waals surface area contributed by atoms with E-state index in [-0.39, 0.29) is 18.5 Å². The quantitative estimate of drug-likeness (QED) is 0.829. The van der Waals surface area contributed by atoms with Crippen LogP contribution in [0.3, 0.4) is 0 Å². The van der Waals surface area contributed by atoms with Crippen LogP contribution in [-0.4, -0.2) is 32.9 Å². The molecule has 1 aromatic heterocycles. The van der Waals surface area contributed by atoms with Gasteiger partial charge in [-0.3, -0.25) is 9.59 Å². The fourth-order valence-electron chi connectivity index (χ4n) is 1.78. The highest BCUT2D eigenvalue weighted by atomic mass is 16.5. The standard InChI is InChI=1S/C14H15N3O4/c1-2-21-10-5-3-4-9(8-10)13-15-14(20)11(16-17-13)6-7-12(18)19/h3-5,8H,2,6-7H2,1H3,(H,18,19)(H,15,17,20). The van der Waals surface area contributed by atoms with Crippen LogP contribution in [0.4, 0.5) is 0 Å². The Kier molecular flexibility index (Phi) is 4.65. The van der Waals surface area contributed by atoms with Crippen molar-refractivity contribution < 1.29 is 14.6 Å². The largest absolute Gasteiger partial charge is 0.494 e. The van der Waals surface area contributed by atoms with Gasteiger partial charge in [0, 0.05) is 12.0 Å². The highest BCUT2D eigenvalue weighted by molar-refractivity contribution is 5.66. The summed E-state index contributed by atoms with van der Waals surface area (Å²) in [5.74, 6) is 0.0120. The number of nitrogens with zero attached hydrogens (tertiary/aromatic N) is 2. The van der Waals surface area contributed by atoms with Gasteiger partial charge in [0.25, 0.3) is 5.56 Å². The average molecular weight is 289 g/mol. The van der Waals surface area contributed by atoms with Gasteiger partial charge in [-0.2, -0.15) is 0 Å². The Morgan fingerprint density at radius 3 is 2.86 bits per heavy atom. The predicted octanol–water partition coefficient (Wildman–Crippen LogP) is 1.25. The molecule has 21 heavy (non-hydrogen) atoms. The van der Waals surface area contributed by atoms with Crippen molar-refractivity contribution in [3.63, 3.8) is 0 Å². The molecule has 1 heterocycles. The van der Waals surface area contributed by atoms with Gasteiger partial charge >= 0.3 is 5.97 Å². The van der Waals surface area contributed by atoms with E-state index in [9.17, 15) is 9.59 Å². The van der Waals surface area contributed by atoms with Crippen molar-refractivity contribution in [1.29, 1.82) is 0 Å². The minimum absolute atomic E-state index is 0.0525. The second-order valence-corrected chi connectivity index (χ2v) is 4.30. The first-order chi connectivity index (χ1) is 10.1. The lowest BCUT2D eigenvalue weighted by atomic mass is 10.2. The number of hydrogen-bond donors (Lipinski definition) is 2. The lowest BCUT2D eigenvalue weighted by Gasteiger charge is -2.05. The third-order valence-electron chi connectivity index (χ3n) is 2.76. The number of aromatic amines is 1. The maximum Gasteiger partial charge on any atom is 0.303 e. The molecule has 2 aromatic rings. The lowest BCUT2D eigenvalue weighted by molar-refractivity contribution is -0.136. The third kappa shape index (κ3) is 3.88. The van der Waals surface area contributed by atoms with E-state index < -0.39 is 11.5 Å². The molecule has 0 aliphatic heterocycles. The molecule has 0 unspecified atom stereocenters. The number of hydrogen-bond acceptors (Lipinski definition) is 5. The molecule has 0 saturated carbocycles. The van der Waals surface area contributed by atoms with Gasteiger partial charge in [-0.05, 0) is 19.1 Å². The summed E-state index contributed by atoms with van der Waals surface area (Å²) in [4.78, 5) is 25.0. The Bertz CT molecular complexity index is 697. The maximum absolute atomic E-state index is 11.9. The predicted molar refractivity (Wildman–Crippen MR) is 75.2 cm³/mol. The minimum Gasteiger partial charge on any atom is -0.494 e. The van der Waals surface area contributed by atoms with Crippen LogP contribution >= 0.6 is 0 Å². The van der Waals surface area contributed by atoms with Crippen molar-refractivity contribution in [1.82, 2.24) is 15.2 Å². The smallest absolute Gasteiger partial charge is 0.303 e. The molecule has 0 atom stereocenters. The maximum atomic E-state index is 11.9. The summed E-state index contributed by atoms with van der Waals surface area (Å²) >= 11 is 0. The summed E-state index contributed by atoms with van der Waals surface area (Å²) < 4.78 is 5.38. The van der Waals surface area contributed by atoms with Crippen LogP contribution in [0.25, 0.3) is 11.4 Å². The highest BCUT2D eigenvalue weighted by Crippen LogP contribution is 2.19. The molecule has 1 aromatic carbocycles. The highest BCUT2D eigenvalue weighted by Gasteiger charge is 2.09. The van der Waals surface area contributed by atoms with Gasteiger partial charge in [0.1, 0.15) is 11.4 Å². The van der Waals surface area contributed by atoms with E-state index in [1.54, 1.807) is 24.3 Å². The van der Waals surface area contributed by atoms with Crippen LogP contribution < -0.4 is 10.3 Å². The van der Waals surface area contributed by atoms with E-state index in [0.29, 0.717) is 23.7 Å². The first kappa shape index (κ1) is 14.7. The molecule has 0 saturated heterocycles. The van der Waals surface area contributed by atoms with E-state index in [1.807, 2.05) is 6.92 Å². The molecular weight excluding hydrogens is 274 g/mol. The summed E-state index contributed by atoms with van der Waals surface area (Å²) in [6.07, 6.45) is -0.103. The molecule has 110 valence electrons. The zero-order valence-electron chi connectivity index (χ0n) is 11.5. The van der Waals surface area contributed by atoms with Gasteiger partial charge in [0.05, 0.1) is 13.0 Å². The number of benzene rings is 1. The van der Waals surface area contributed by atoms with E-state index in [4.69, 9.17) is 9.84 Å². The normalized spacial score (nSPS) is 10.3. The summed E-state index contributed by atoms with van der Waals surface area (Å²) in [5.41, 5.74) is 0.362. The molecule has 0 amide bonds. The molecule has 0 spiro atoms. The molecule has 0 aliphatic carbocycles. The van der Waals surface area contributed by atoms with Crippen molar-refractivity contribution >= 4 is 5.97 Å². The number of carbonyl (C=O) groups is 1. The van der Waals surface area contributed by atoms with Crippen LogP contribution in [0.15, 0.2) is 29.1 Å². The Morgan fingerprint density at radius 1 is 1.38 bits per heavy atom. The number of H-pyrrole nitrogens is 1. The number of ether oxygens (including phenoxy) is 1. The van der Waals surface area contributed by atoms with E-state index in [1.165, 1.54) is 0 Å². The summed E-state index contributed by atoms with van der Waals surface area (Å²) in [7, 11) is 0. The van der Waals surface area contributed by atoms with Crippen LogP contribution in [0, 0.1) is 0 Å². The molecule has 7 heteroatoms. The van der Waals surface area contributed by atoms with Crippen molar-refractivity contribution in [2.45, 2.75) is 19.8 Å². The van der Waals surface area contributed by atoms with Crippen LogP contribution in [-0.2, 0) is 11.2 Å². The number of carboxylic acids is 1. The Labute approximate surface area is 120 Å². The number of carboxylic acid groups (broad SMARTS) is 1. The lowest BCUT2D eigenvalue weighted by Crippen LogP contribution is -2.18. The molecule has 7 nitrogen and oxygen atoms in total. The van der Waals surface area contributed by atoms with E-state index >= 15 is 0 Å². The molecule has 0 fully saturated rings. The SMILES string of the molecule is CCOc1cccc(-c2nnc(CCC(=O)O)c(=O)[nH]2)c1. The van der Waals surface area contributed by atoms with Gasteiger partial charge in [-0.15, -0.1) is 10.2 Å². The van der Waals surface area contributed by atoms with Crippen LogP contribution in [0.2, 0.25) is 0 Å². The number of aliphatic carboxylic acids is 1. The van der Waals surface area contributed by atoms with Crippen LogP contribution in [0.1, 0.15) is 19.0 Å². The zero-order valence-corrected chi connectivity index (χ0v) is 11.5. The number of rotatable bonds is 6. The summed E-state index contributed by atoms with van der Waals surface area (Å²) in [5, 5.41) is 16.3. The topological polar surface area (TPSA) is 105 Å². The number of aryl methyl sites for hydroxylation is 1. The zero-order chi connectivity index (χ0) is 15.2. The van der Waals surface area contributed by atoms with Crippen molar-refractivity contribution in [2.24, 2.45) is 0 Å². The minimum atomic E-state index is -0.982. The van der Waals surface area contributed by atoms with Crippen molar-refractivity contribution in [3.8, 4) is 17.1 Å². The third-order valence-corrected chi connectivity index (χ3v) is 2.76. The Balaban J connectivity index is 2.25. The molecule has 0 bridgehead atoms. The molecular formula is C14H15N3O4. The second kappa shape index (κ2) is 6.65. The summed E-state index contributed by atoms with van der Waals surface area (Å²) in [6, 6.07) is 7.12. The van der Waals surface area contributed by atoms with Gasteiger partial charge in [0.15, 0.2) is 5.82 Å².